The van der Waals surface area contributed by atoms with Gasteiger partial charge in [0.2, 0.25) is 0 Å². The van der Waals surface area contributed by atoms with Crippen LogP contribution >= 0.6 is 0 Å². The van der Waals surface area contributed by atoms with Gasteiger partial charge in [0.05, 0.1) is 17.7 Å². The van der Waals surface area contributed by atoms with Crippen molar-refractivity contribution in [3.63, 3.8) is 0 Å². The van der Waals surface area contributed by atoms with Gasteiger partial charge in [-0.3, -0.25) is 9.56 Å². The van der Waals surface area contributed by atoms with Gasteiger partial charge in [0.1, 0.15) is 6.54 Å². The van der Waals surface area contributed by atoms with E-state index in [2.05, 4.69) is 5.10 Å². The minimum Gasteiger partial charge on any atom is -0.286 e. The number of aryl methyl sites for hydroxylation is 1. The van der Waals surface area contributed by atoms with Gasteiger partial charge >= 0.3 is 0 Å². The molecule has 0 radical (unpaired) electrons. The second kappa shape index (κ2) is 7.85. The van der Waals surface area contributed by atoms with Crippen molar-refractivity contribution < 1.29 is 17.5 Å². The molecule has 2 aromatic rings. The maximum Gasteiger partial charge on any atom is 0.265 e. The van der Waals surface area contributed by atoms with Crippen molar-refractivity contribution in [3.05, 3.63) is 60.4 Å². The van der Waals surface area contributed by atoms with Crippen LogP contribution in [0.1, 0.15) is 12.0 Å². The van der Waals surface area contributed by atoms with Crippen molar-refractivity contribution in [2.45, 2.75) is 13.0 Å². The summed E-state index contributed by atoms with van der Waals surface area (Å²) in [5, 5.41) is 6.16. The molecule has 0 spiro atoms. The Balaban J connectivity index is 1.91. The molecule has 7 heteroatoms. The van der Waals surface area contributed by atoms with E-state index in [4.69, 9.17) is 4.55 Å². The molecule has 0 aliphatic carbocycles. The predicted octanol–water partition coefficient (Wildman–Crippen LogP) is 1.72. The molecule has 0 saturated carbocycles. The Morgan fingerprint density at radius 3 is 2.43 bits per heavy atom. The van der Waals surface area contributed by atoms with Crippen LogP contribution in [0.5, 0.6) is 0 Å². The minimum atomic E-state index is -3.89. The Kier molecular flexibility index (Phi) is 5.84. The minimum absolute atomic E-state index is 0.231. The lowest BCUT2D eigenvalue weighted by atomic mass is 10.3. The zero-order valence-corrected chi connectivity index (χ0v) is 13.7. The van der Waals surface area contributed by atoms with Crippen molar-refractivity contribution in [2.75, 3.05) is 17.8 Å². The average Bonchev–Trinajstić information content (AvgIpc) is 2.53. The molecule has 1 N–H and O–H groups in total. The van der Waals surface area contributed by atoms with E-state index in [1.165, 1.54) is 0 Å². The highest BCUT2D eigenvalue weighted by Crippen LogP contribution is 2.10. The number of para-hydroxylation sites is 1. The summed E-state index contributed by atoms with van der Waals surface area (Å²) in [6.45, 7) is 0.529. The Morgan fingerprint density at radius 1 is 1.17 bits per heavy atom. The number of benzene rings is 1. The van der Waals surface area contributed by atoms with Gasteiger partial charge in [0, 0.05) is 31.2 Å². The fourth-order valence-electron chi connectivity index (χ4n) is 2.00. The van der Waals surface area contributed by atoms with E-state index in [9.17, 15) is 8.42 Å². The van der Waals surface area contributed by atoms with Crippen molar-refractivity contribution in [1.29, 1.82) is 0 Å². The van der Waals surface area contributed by atoms with E-state index < -0.39 is 10.1 Å². The summed E-state index contributed by atoms with van der Waals surface area (Å²) in [5.41, 5.74) is 1.94. The lowest BCUT2D eigenvalue weighted by Crippen LogP contribution is -2.33. The van der Waals surface area contributed by atoms with Crippen LogP contribution in [0.2, 0.25) is 0 Å². The normalized spacial score (nSPS) is 11.7. The van der Waals surface area contributed by atoms with Gasteiger partial charge in [0.25, 0.3) is 10.1 Å². The molecule has 0 saturated heterocycles. The van der Waals surface area contributed by atoms with E-state index in [1.807, 2.05) is 66.5 Å². The van der Waals surface area contributed by atoms with Gasteiger partial charge in [-0.15, -0.1) is 0 Å². The number of hydrogen-bond donors (Lipinski definition) is 1. The number of aromatic nitrogens is 1. The number of rotatable bonds is 7. The number of pyridine rings is 1. The van der Waals surface area contributed by atoms with Gasteiger partial charge in [-0.05, 0) is 12.1 Å². The first-order valence-electron chi connectivity index (χ1n) is 7.21. The molecule has 23 heavy (non-hydrogen) atoms. The van der Waals surface area contributed by atoms with Crippen molar-refractivity contribution in [1.82, 2.24) is 0 Å². The van der Waals surface area contributed by atoms with Gasteiger partial charge in [-0.1, -0.05) is 18.2 Å². The summed E-state index contributed by atoms with van der Waals surface area (Å²) in [6.07, 6.45) is 5.84. The maximum absolute atomic E-state index is 10.7. The van der Waals surface area contributed by atoms with E-state index >= 15 is 0 Å². The smallest absolute Gasteiger partial charge is 0.265 e. The summed E-state index contributed by atoms with van der Waals surface area (Å²) < 4.78 is 31.9. The summed E-state index contributed by atoms with van der Waals surface area (Å²) in [5.74, 6) is -0.231. The van der Waals surface area contributed by atoms with Crippen molar-refractivity contribution in [3.8, 4) is 0 Å². The molecule has 2 rings (SSSR count). The Labute approximate surface area is 136 Å². The third-order valence-corrected chi connectivity index (χ3v) is 4.05. The summed E-state index contributed by atoms with van der Waals surface area (Å²) in [4.78, 5) is 0. The molecule has 122 valence electrons. The lowest BCUT2D eigenvalue weighted by Gasteiger charge is -2.11. The fraction of sp³-hybridized carbons (Fsp3) is 0.250. The van der Waals surface area contributed by atoms with Crippen LogP contribution in [0.4, 0.5) is 5.69 Å². The number of nitrogens with zero attached hydrogens (tertiary/aromatic N) is 3. The molecular weight excluding hydrogens is 314 g/mol. The first-order chi connectivity index (χ1) is 10.9. The molecule has 0 unspecified atom stereocenters. The number of hydrazone groups is 1. The Morgan fingerprint density at radius 2 is 1.83 bits per heavy atom. The van der Waals surface area contributed by atoms with E-state index in [0.717, 1.165) is 11.3 Å². The van der Waals surface area contributed by atoms with Crippen molar-refractivity contribution >= 4 is 22.0 Å². The Bertz CT molecular complexity index is 744. The molecule has 1 aromatic carbocycles. The fourth-order valence-corrected chi connectivity index (χ4v) is 2.49. The molecule has 0 aliphatic heterocycles. The second-order valence-electron chi connectivity index (χ2n) is 5.11. The maximum atomic E-state index is 10.7. The molecule has 0 bridgehead atoms. The predicted molar refractivity (Wildman–Crippen MR) is 90.1 cm³/mol. The van der Waals surface area contributed by atoms with Crippen LogP contribution < -0.4 is 9.58 Å². The highest BCUT2D eigenvalue weighted by atomic mass is 32.2. The summed E-state index contributed by atoms with van der Waals surface area (Å²) >= 11 is 0. The van der Waals surface area contributed by atoms with Gasteiger partial charge in [-0.2, -0.15) is 13.5 Å². The molecule has 0 atom stereocenters. The van der Waals surface area contributed by atoms with Gasteiger partial charge < -0.3 is 0 Å². The SMILES string of the molecule is CN(/N=C/c1cc[n+](CCCS(=O)(=O)O)cc1)c1ccccc1. The summed E-state index contributed by atoms with van der Waals surface area (Å²) in [6, 6.07) is 13.6. The molecule has 1 aromatic heterocycles. The zero-order valence-electron chi connectivity index (χ0n) is 12.9. The first-order valence-corrected chi connectivity index (χ1v) is 8.82. The standard InChI is InChI=1S/C16H19N3O3S/c1-18(16-6-3-2-4-7-16)17-14-15-8-11-19(12-9-15)10-5-13-23(20,21)22/h2-4,6-9,11-12,14H,5,10,13H2,1H3/p+1. The lowest BCUT2D eigenvalue weighted by molar-refractivity contribution is -0.696. The second-order valence-corrected chi connectivity index (χ2v) is 6.68. The van der Waals surface area contributed by atoms with Crippen LogP contribution in [0.15, 0.2) is 60.0 Å². The zero-order chi connectivity index (χ0) is 16.7. The quantitative estimate of drug-likeness (QED) is 0.362. The van der Waals surface area contributed by atoms with Crippen LogP contribution in [0.3, 0.4) is 0 Å². The highest BCUT2D eigenvalue weighted by molar-refractivity contribution is 7.85. The largest absolute Gasteiger partial charge is 0.286 e. The monoisotopic (exact) mass is 334 g/mol. The first kappa shape index (κ1) is 17.1. The van der Waals surface area contributed by atoms with E-state index in [-0.39, 0.29) is 5.75 Å². The van der Waals surface area contributed by atoms with Crippen LogP contribution in [-0.4, -0.2) is 32.0 Å². The third-order valence-electron chi connectivity index (χ3n) is 3.25. The van der Waals surface area contributed by atoms with E-state index in [1.54, 1.807) is 11.2 Å². The molecule has 1 heterocycles. The third kappa shape index (κ3) is 6.17. The van der Waals surface area contributed by atoms with Crippen LogP contribution in [-0.2, 0) is 16.7 Å². The van der Waals surface area contributed by atoms with Gasteiger partial charge in [-0.25, -0.2) is 4.57 Å². The van der Waals surface area contributed by atoms with E-state index in [0.29, 0.717) is 13.0 Å². The number of hydrogen-bond acceptors (Lipinski definition) is 4. The number of anilines is 1. The molecular formula is C16H20N3O3S+. The van der Waals surface area contributed by atoms with Crippen LogP contribution in [0.25, 0.3) is 0 Å². The summed E-state index contributed by atoms with van der Waals surface area (Å²) in [7, 11) is -2.01. The molecule has 6 nitrogen and oxygen atoms in total. The molecule has 0 fully saturated rings. The van der Waals surface area contributed by atoms with Gasteiger partial charge in [0.15, 0.2) is 12.4 Å². The molecule has 0 amide bonds. The highest BCUT2D eigenvalue weighted by Gasteiger charge is 2.07. The average molecular weight is 334 g/mol. The topological polar surface area (TPSA) is 73.8 Å². The van der Waals surface area contributed by atoms with Crippen molar-refractivity contribution in [2.24, 2.45) is 5.10 Å². The van der Waals surface area contributed by atoms with Crippen LogP contribution in [0, 0.1) is 0 Å². The Hall–Kier alpha value is -2.25. The molecule has 0 aliphatic rings.